The Morgan fingerprint density at radius 2 is 1.80 bits per heavy atom. The summed E-state index contributed by atoms with van der Waals surface area (Å²) in [5, 5.41) is 9.19. The molecule has 0 unspecified atom stereocenters. The number of carbonyl (C=O) groups is 1. The average molecular weight is 273 g/mol. The van der Waals surface area contributed by atoms with Crippen LogP contribution in [0.5, 0.6) is 5.75 Å². The smallest absolute Gasteiger partial charge is 0.341 e. The van der Waals surface area contributed by atoms with E-state index in [1.54, 1.807) is 51.4 Å². The maximum Gasteiger partial charge on any atom is 0.341 e. The normalized spacial score (nSPS) is 10.3. The van der Waals surface area contributed by atoms with Crippen molar-refractivity contribution in [1.82, 2.24) is 4.57 Å². The van der Waals surface area contributed by atoms with Gasteiger partial charge in [-0.3, -0.25) is 9.36 Å². The molecule has 0 aliphatic rings. The third-order valence-corrected chi connectivity index (χ3v) is 3.29. The van der Waals surface area contributed by atoms with Crippen LogP contribution in [0, 0.1) is 13.8 Å². The Morgan fingerprint density at radius 3 is 2.30 bits per heavy atom. The van der Waals surface area contributed by atoms with Gasteiger partial charge in [0.05, 0.1) is 7.11 Å². The van der Waals surface area contributed by atoms with Gasteiger partial charge < -0.3 is 9.84 Å². The number of carboxylic acid groups (broad SMARTS) is 1. The summed E-state index contributed by atoms with van der Waals surface area (Å²) in [6.07, 6.45) is 1.64. The fraction of sp³-hybridized carbons (Fsp3) is 0.200. The Labute approximate surface area is 116 Å². The second-order valence-corrected chi connectivity index (χ2v) is 4.49. The molecule has 0 saturated carbocycles. The molecule has 1 N–H and O–H groups in total. The SMILES string of the molecule is COc1ccc(-n2cc(C)c(C)c(C(=O)O)c2=O)cc1. The predicted molar refractivity (Wildman–Crippen MR) is 75.0 cm³/mol. The Morgan fingerprint density at radius 1 is 1.20 bits per heavy atom. The quantitative estimate of drug-likeness (QED) is 0.930. The fourth-order valence-corrected chi connectivity index (χ4v) is 2.01. The van der Waals surface area contributed by atoms with Crippen LogP contribution in [0.3, 0.4) is 0 Å². The first kappa shape index (κ1) is 13.9. The van der Waals surface area contributed by atoms with E-state index in [4.69, 9.17) is 4.74 Å². The van der Waals surface area contributed by atoms with Crippen molar-refractivity contribution < 1.29 is 14.6 Å². The van der Waals surface area contributed by atoms with E-state index in [1.807, 2.05) is 0 Å². The van der Waals surface area contributed by atoms with E-state index in [9.17, 15) is 14.7 Å². The highest BCUT2D eigenvalue weighted by Gasteiger charge is 2.17. The number of pyridine rings is 1. The second kappa shape index (κ2) is 5.21. The van der Waals surface area contributed by atoms with Crippen LogP contribution >= 0.6 is 0 Å². The summed E-state index contributed by atoms with van der Waals surface area (Å²) in [5.41, 5.74) is 1.11. The Balaban J connectivity index is 2.68. The summed E-state index contributed by atoms with van der Waals surface area (Å²) in [5.74, 6) is -0.539. The number of aromatic nitrogens is 1. The predicted octanol–water partition coefficient (Wildman–Crippen LogP) is 2.16. The van der Waals surface area contributed by atoms with Crippen molar-refractivity contribution in [2.75, 3.05) is 7.11 Å². The van der Waals surface area contributed by atoms with Crippen molar-refractivity contribution in [3.63, 3.8) is 0 Å². The number of ether oxygens (including phenoxy) is 1. The van der Waals surface area contributed by atoms with E-state index >= 15 is 0 Å². The van der Waals surface area contributed by atoms with Crippen LogP contribution in [-0.4, -0.2) is 22.8 Å². The van der Waals surface area contributed by atoms with E-state index < -0.39 is 11.5 Å². The highest BCUT2D eigenvalue weighted by Crippen LogP contribution is 2.16. The van der Waals surface area contributed by atoms with Gasteiger partial charge in [-0.15, -0.1) is 0 Å². The molecule has 0 spiro atoms. The van der Waals surface area contributed by atoms with Crippen LogP contribution in [0.4, 0.5) is 0 Å². The zero-order chi connectivity index (χ0) is 14.9. The van der Waals surface area contributed by atoms with Gasteiger partial charge in [-0.05, 0) is 49.2 Å². The molecule has 0 aliphatic carbocycles. The summed E-state index contributed by atoms with van der Waals surface area (Å²) >= 11 is 0. The monoisotopic (exact) mass is 273 g/mol. The minimum atomic E-state index is -1.21. The molecule has 1 heterocycles. The van der Waals surface area contributed by atoms with Crippen LogP contribution in [0.1, 0.15) is 21.5 Å². The van der Waals surface area contributed by atoms with Crippen LogP contribution in [-0.2, 0) is 0 Å². The molecule has 0 fully saturated rings. The van der Waals surface area contributed by atoms with Gasteiger partial charge in [0.25, 0.3) is 5.56 Å². The summed E-state index contributed by atoms with van der Waals surface area (Å²) in [6, 6.07) is 6.86. The molecule has 5 nitrogen and oxygen atoms in total. The topological polar surface area (TPSA) is 68.5 Å². The lowest BCUT2D eigenvalue weighted by molar-refractivity contribution is 0.0693. The van der Waals surface area contributed by atoms with E-state index in [-0.39, 0.29) is 5.56 Å². The maximum atomic E-state index is 12.3. The number of aromatic carboxylic acids is 1. The summed E-state index contributed by atoms with van der Waals surface area (Å²) in [7, 11) is 1.56. The minimum absolute atomic E-state index is 0.194. The molecule has 2 rings (SSSR count). The lowest BCUT2D eigenvalue weighted by atomic mass is 10.1. The van der Waals surface area contributed by atoms with E-state index in [2.05, 4.69) is 0 Å². The standard InChI is InChI=1S/C15H15NO4/c1-9-8-16(11-4-6-12(20-3)7-5-11)14(17)13(10(9)2)15(18)19/h4-8H,1-3H3,(H,18,19). The molecular weight excluding hydrogens is 258 g/mol. The number of benzene rings is 1. The van der Waals surface area contributed by atoms with Gasteiger partial charge >= 0.3 is 5.97 Å². The molecule has 0 saturated heterocycles. The molecule has 0 radical (unpaired) electrons. The minimum Gasteiger partial charge on any atom is -0.497 e. The first-order valence-corrected chi connectivity index (χ1v) is 6.06. The van der Waals surface area contributed by atoms with Gasteiger partial charge in [0.15, 0.2) is 0 Å². The molecule has 104 valence electrons. The molecule has 20 heavy (non-hydrogen) atoms. The van der Waals surface area contributed by atoms with Crippen molar-refractivity contribution in [2.45, 2.75) is 13.8 Å². The van der Waals surface area contributed by atoms with Crippen LogP contribution in [0.2, 0.25) is 0 Å². The third-order valence-electron chi connectivity index (χ3n) is 3.29. The van der Waals surface area contributed by atoms with Crippen molar-refractivity contribution in [3.05, 3.63) is 57.5 Å². The highest BCUT2D eigenvalue weighted by molar-refractivity contribution is 5.89. The van der Waals surface area contributed by atoms with Gasteiger partial charge in [0, 0.05) is 11.9 Å². The largest absolute Gasteiger partial charge is 0.497 e. The van der Waals surface area contributed by atoms with Gasteiger partial charge in [-0.1, -0.05) is 0 Å². The molecule has 0 aliphatic heterocycles. The second-order valence-electron chi connectivity index (χ2n) is 4.49. The number of hydrogen-bond acceptors (Lipinski definition) is 3. The first-order valence-electron chi connectivity index (χ1n) is 6.06. The average Bonchev–Trinajstić information content (AvgIpc) is 2.43. The van der Waals surface area contributed by atoms with Crippen molar-refractivity contribution in [3.8, 4) is 11.4 Å². The lowest BCUT2D eigenvalue weighted by Gasteiger charge is -2.12. The van der Waals surface area contributed by atoms with Crippen LogP contribution < -0.4 is 10.3 Å². The number of nitrogens with zero attached hydrogens (tertiary/aromatic N) is 1. The molecule has 0 atom stereocenters. The molecule has 0 amide bonds. The third kappa shape index (κ3) is 2.30. The van der Waals surface area contributed by atoms with Gasteiger partial charge in [0.2, 0.25) is 0 Å². The molecule has 5 heteroatoms. The number of carboxylic acids is 1. The van der Waals surface area contributed by atoms with Crippen molar-refractivity contribution in [1.29, 1.82) is 0 Å². The zero-order valence-electron chi connectivity index (χ0n) is 11.5. The Kier molecular flexibility index (Phi) is 3.61. The first-order chi connectivity index (χ1) is 9.45. The van der Waals surface area contributed by atoms with E-state index in [1.165, 1.54) is 4.57 Å². The molecule has 1 aromatic heterocycles. The fourth-order valence-electron chi connectivity index (χ4n) is 2.01. The lowest BCUT2D eigenvalue weighted by Crippen LogP contribution is -2.27. The maximum absolute atomic E-state index is 12.3. The molecule has 0 bridgehead atoms. The van der Waals surface area contributed by atoms with E-state index in [0.717, 1.165) is 5.56 Å². The molecular formula is C15H15NO4. The van der Waals surface area contributed by atoms with Gasteiger partial charge in [-0.2, -0.15) is 0 Å². The van der Waals surface area contributed by atoms with E-state index in [0.29, 0.717) is 17.0 Å². The summed E-state index contributed by atoms with van der Waals surface area (Å²) in [6.45, 7) is 3.42. The Hall–Kier alpha value is -2.56. The molecule has 2 aromatic rings. The van der Waals surface area contributed by atoms with Crippen LogP contribution in [0.15, 0.2) is 35.3 Å². The number of aryl methyl sites for hydroxylation is 1. The van der Waals surface area contributed by atoms with Gasteiger partial charge in [0.1, 0.15) is 11.3 Å². The summed E-state index contributed by atoms with van der Waals surface area (Å²) in [4.78, 5) is 23.5. The van der Waals surface area contributed by atoms with Gasteiger partial charge in [-0.25, -0.2) is 4.79 Å². The number of hydrogen-bond donors (Lipinski definition) is 1. The number of methoxy groups -OCH3 is 1. The Bertz CT molecular complexity index is 714. The van der Waals surface area contributed by atoms with Crippen LogP contribution in [0.25, 0.3) is 5.69 Å². The number of rotatable bonds is 3. The van der Waals surface area contributed by atoms with Crippen molar-refractivity contribution in [2.24, 2.45) is 0 Å². The summed E-state index contributed by atoms with van der Waals surface area (Å²) < 4.78 is 6.40. The highest BCUT2D eigenvalue weighted by atomic mass is 16.5. The molecule has 1 aromatic carbocycles. The van der Waals surface area contributed by atoms with Crippen molar-refractivity contribution >= 4 is 5.97 Å². The zero-order valence-corrected chi connectivity index (χ0v) is 11.5.